The van der Waals surface area contributed by atoms with Gasteiger partial charge in [0.15, 0.2) is 0 Å². The van der Waals surface area contributed by atoms with Gasteiger partial charge in [-0.2, -0.15) is 0 Å². The summed E-state index contributed by atoms with van der Waals surface area (Å²) in [6, 6.07) is 5.27. The molecule has 1 fully saturated rings. The molecule has 0 atom stereocenters. The first-order valence-corrected chi connectivity index (χ1v) is 10.8. The quantitative estimate of drug-likeness (QED) is 0.637. The first kappa shape index (κ1) is 21.4. The van der Waals surface area contributed by atoms with E-state index in [-0.39, 0.29) is 34.8 Å². The minimum atomic E-state index is -2.93. The Morgan fingerprint density at radius 1 is 1.32 bits per heavy atom. The molecule has 3 heterocycles. The molecule has 1 aliphatic heterocycles. The number of aromatic nitrogens is 3. The molecule has 164 valence electrons. The molecule has 2 aromatic heterocycles. The monoisotopic (exact) mass is 452 g/mol. The number of aryl methyl sites for hydroxylation is 1. The third kappa shape index (κ3) is 3.61. The van der Waals surface area contributed by atoms with Crippen molar-refractivity contribution in [1.29, 1.82) is 0 Å². The molecule has 1 N–H and O–H groups in total. The van der Waals surface area contributed by atoms with Crippen LogP contribution in [0.25, 0.3) is 11.0 Å². The first-order chi connectivity index (χ1) is 14.6. The van der Waals surface area contributed by atoms with Crippen molar-refractivity contribution in [2.24, 2.45) is 7.05 Å². The molecule has 0 aliphatic carbocycles. The van der Waals surface area contributed by atoms with Gasteiger partial charge >= 0.3 is 0 Å². The molecule has 0 unspecified atom stereocenters. The maximum absolute atomic E-state index is 14.5. The minimum absolute atomic E-state index is 0.0434. The van der Waals surface area contributed by atoms with Gasteiger partial charge in [0.05, 0.1) is 28.0 Å². The van der Waals surface area contributed by atoms with Crippen LogP contribution in [-0.2, 0) is 30.0 Å². The molecule has 11 heteroatoms. The molecule has 0 bridgehead atoms. The highest BCUT2D eigenvalue weighted by Crippen LogP contribution is 2.33. The highest BCUT2D eigenvalue weighted by molar-refractivity contribution is 7.86. The number of nitrogens with zero attached hydrogens (tertiary/aromatic N) is 4. The third-order valence-corrected chi connectivity index (χ3v) is 7.00. The number of rotatable bonds is 5. The van der Waals surface area contributed by atoms with Crippen LogP contribution in [0.5, 0.6) is 0 Å². The Bertz CT molecular complexity index is 1260. The van der Waals surface area contributed by atoms with Gasteiger partial charge in [-0.1, -0.05) is 18.2 Å². The largest absolute Gasteiger partial charge is 0.383 e. The average molecular weight is 452 g/mol. The average Bonchev–Trinajstić information content (AvgIpc) is 2.70. The van der Waals surface area contributed by atoms with Crippen LogP contribution < -0.4 is 10.5 Å². The normalized spacial score (nSPS) is 20.8. The van der Waals surface area contributed by atoms with Gasteiger partial charge in [0.2, 0.25) is 0 Å². The minimum Gasteiger partial charge on any atom is -0.383 e. The second-order valence-electron chi connectivity index (χ2n) is 7.59. The molecule has 1 saturated heterocycles. The predicted octanol–water partition coefficient (Wildman–Crippen LogP) is 1.99. The van der Waals surface area contributed by atoms with Crippen LogP contribution in [0.15, 0.2) is 35.4 Å². The smallest absolute Gasteiger partial charge is 0.266 e. The summed E-state index contributed by atoms with van der Waals surface area (Å²) in [5.41, 5.74) is -2.21. The van der Waals surface area contributed by atoms with Crippen LogP contribution in [0.1, 0.15) is 23.1 Å². The first-order valence-electron chi connectivity index (χ1n) is 9.31. The summed E-state index contributed by atoms with van der Waals surface area (Å²) >= 11 is 0. The van der Waals surface area contributed by atoms with Crippen molar-refractivity contribution >= 4 is 27.7 Å². The van der Waals surface area contributed by atoms with E-state index in [2.05, 4.69) is 9.97 Å². The molecule has 1 aliphatic rings. The van der Waals surface area contributed by atoms with E-state index in [1.807, 2.05) is 0 Å². The number of hydrogen-bond donors (Lipinski definition) is 1. The SMILES string of the molecule is CN(Cc1cccc(C(F)F)c1F)c1ncnc2c1cc(C1(O)CS(=O)C1)c(=O)n2C. The highest BCUT2D eigenvalue weighted by atomic mass is 32.2. The van der Waals surface area contributed by atoms with Crippen LogP contribution >= 0.6 is 0 Å². The van der Waals surface area contributed by atoms with Gasteiger partial charge < -0.3 is 10.0 Å². The summed E-state index contributed by atoms with van der Waals surface area (Å²) in [7, 11) is 1.90. The Labute approximate surface area is 177 Å². The molecule has 4 rings (SSSR count). The summed E-state index contributed by atoms with van der Waals surface area (Å²) < 4.78 is 53.4. The zero-order valence-electron chi connectivity index (χ0n) is 16.7. The Morgan fingerprint density at radius 2 is 2.03 bits per heavy atom. The number of halogens is 3. The number of aliphatic hydroxyl groups is 1. The number of anilines is 1. The van der Waals surface area contributed by atoms with E-state index < -0.39 is 39.8 Å². The second kappa shape index (κ2) is 7.72. The lowest BCUT2D eigenvalue weighted by Crippen LogP contribution is -2.52. The number of benzene rings is 1. The molecular formula is C20H19F3N4O3S. The van der Waals surface area contributed by atoms with E-state index in [0.29, 0.717) is 11.2 Å². The maximum atomic E-state index is 14.5. The van der Waals surface area contributed by atoms with Crippen molar-refractivity contribution in [3.8, 4) is 0 Å². The molecule has 1 aromatic carbocycles. The number of hydrogen-bond acceptors (Lipinski definition) is 6. The number of fused-ring (bicyclic) bond motifs is 1. The van der Waals surface area contributed by atoms with Gasteiger partial charge in [-0.25, -0.2) is 23.1 Å². The van der Waals surface area contributed by atoms with E-state index in [4.69, 9.17) is 0 Å². The third-order valence-electron chi connectivity index (χ3n) is 5.40. The molecule has 0 spiro atoms. The van der Waals surface area contributed by atoms with Gasteiger partial charge in [-0.15, -0.1) is 0 Å². The van der Waals surface area contributed by atoms with Gasteiger partial charge in [-0.05, 0) is 6.07 Å². The Hall–Kier alpha value is -2.79. The standard InChI is InChI=1S/C20H19F3N4O3S/c1-26(7-11-4-3-5-12(15(11)21)16(22)23)17-13-6-14(20(29)8-31(30)9-20)19(28)27(2)18(13)25-10-24-17/h3-6,10,16,29H,7-9H2,1-2H3. The molecule has 3 aromatic rings. The van der Waals surface area contributed by atoms with Gasteiger partial charge in [0.25, 0.3) is 12.0 Å². The Morgan fingerprint density at radius 3 is 2.68 bits per heavy atom. The second-order valence-corrected chi connectivity index (χ2v) is 9.05. The molecule has 0 radical (unpaired) electrons. The fraction of sp³-hybridized carbons (Fsp3) is 0.350. The fourth-order valence-corrected chi connectivity index (χ4v) is 5.05. The van der Waals surface area contributed by atoms with Crippen molar-refractivity contribution in [2.45, 2.75) is 18.6 Å². The maximum Gasteiger partial charge on any atom is 0.266 e. The van der Waals surface area contributed by atoms with E-state index >= 15 is 0 Å². The van der Waals surface area contributed by atoms with Crippen LogP contribution in [0.4, 0.5) is 19.0 Å². The molecular weight excluding hydrogens is 433 g/mol. The van der Waals surface area contributed by atoms with Crippen LogP contribution in [0.2, 0.25) is 0 Å². The number of pyridine rings is 1. The summed E-state index contributed by atoms with van der Waals surface area (Å²) in [6.07, 6.45) is -1.69. The van der Waals surface area contributed by atoms with Gasteiger partial charge in [-0.3, -0.25) is 13.6 Å². The van der Waals surface area contributed by atoms with Crippen molar-refractivity contribution in [1.82, 2.24) is 14.5 Å². The molecule has 31 heavy (non-hydrogen) atoms. The zero-order chi connectivity index (χ0) is 22.5. The fourth-order valence-electron chi connectivity index (χ4n) is 3.76. The molecule has 7 nitrogen and oxygen atoms in total. The number of alkyl halides is 2. The summed E-state index contributed by atoms with van der Waals surface area (Å²) in [5, 5.41) is 11.1. The summed E-state index contributed by atoms with van der Waals surface area (Å²) in [6.45, 7) is -0.0645. The van der Waals surface area contributed by atoms with Crippen molar-refractivity contribution in [3.63, 3.8) is 0 Å². The van der Waals surface area contributed by atoms with Gasteiger partial charge in [0, 0.05) is 37.0 Å². The van der Waals surface area contributed by atoms with Crippen LogP contribution in [-0.4, -0.2) is 42.4 Å². The van der Waals surface area contributed by atoms with Crippen molar-refractivity contribution < 1.29 is 22.5 Å². The lowest BCUT2D eigenvalue weighted by molar-refractivity contribution is 0.0712. The zero-order valence-corrected chi connectivity index (χ0v) is 17.5. The van der Waals surface area contributed by atoms with E-state index in [9.17, 15) is 27.3 Å². The lowest BCUT2D eigenvalue weighted by Gasteiger charge is -2.35. The Kier molecular flexibility index (Phi) is 5.34. The van der Waals surface area contributed by atoms with Crippen LogP contribution in [0.3, 0.4) is 0 Å². The van der Waals surface area contributed by atoms with Gasteiger partial charge in [0.1, 0.15) is 29.2 Å². The van der Waals surface area contributed by atoms with E-state index in [0.717, 1.165) is 6.07 Å². The van der Waals surface area contributed by atoms with E-state index in [1.54, 1.807) is 11.9 Å². The highest BCUT2D eigenvalue weighted by Gasteiger charge is 2.45. The molecule has 0 saturated carbocycles. The van der Waals surface area contributed by atoms with Crippen molar-refractivity contribution in [3.05, 3.63) is 63.5 Å². The topological polar surface area (TPSA) is 88.3 Å². The van der Waals surface area contributed by atoms with Crippen LogP contribution in [0, 0.1) is 5.82 Å². The lowest BCUT2D eigenvalue weighted by atomic mass is 9.97. The van der Waals surface area contributed by atoms with E-state index in [1.165, 1.54) is 36.1 Å². The predicted molar refractivity (Wildman–Crippen MR) is 110 cm³/mol. The summed E-state index contributed by atoms with van der Waals surface area (Å²) in [5.74, 6) is -0.744. The molecule has 0 amide bonds. The Balaban J connectivity index is 1.80. The summed E-state index contributed by atoms with van der Waals surface area (Å²) in [4.78, 5) is 22.7. The van der Waals surface area contributed by atoms with Crippen molar-refractivity contribution in [2.75, 3.05) is 23.5 Å².